The zero-order chi connectivity index (χ0) is 14.7. The van der Waals surface area contributed by atoms with E-state index in [4.69, 9.17) is 4.74 Å². The van der Waals surface area contributed by atoms with E-state index in [9.17, 15) is 14.0 Å². The summed E-state index contributed by atoms with van der Waals surface area (Å²) in [7, 11) is 0. The third-order valence-electron chi connectivity index (χ3n) is 2.44. The molecule has 0 fully saturated rings. The quantitative estimate of drug-likeness (QED) is 0.804. The maximum absolute atomic E-state index is 13.5. The fourth-order valence-electron chi connectivity index (χ4n) is 1.52. The molecule has 1 aromatic heterocycles. The van der Waals surface area contributed by atoms with Gasteiger partial charge in [0.2, 0.25) is 11.1 Å². The first-order chi connectivity index (χ1) is 9.52. The molecule has 0 amide bonds. The summed E-state index contributed by atoms with van der Waals surface area (Å²) in [6.07, 6.45) is 1.35. The maximum atomic E-state index is 13.5. The van der Waals surface area contributed by atoms with Gasteiger partial charge in [-0.2, -0.15) is 5.10 Å². The highest BCUT2D eigenvalue weighted by atomic mass is 79.9. The van der Waals surface area contributed by atoms with Crippen LogP contribution in [0.3, 0.4) is 0 Å². The molecule has 2 rings (SSSR count). The van der Waals surface area contributed by atoms with Crippen molar-refractivity contribution < 1.29 is 13.9 Å². The van der Waals surface area contributed by atoms with Crippen LogP contribution in [0, 0.1) is 5.82 Å². The van der Waals surface area contributed by atoms with Crippen molar-refractivity contribution >= 4 is 21.9 Å². The normalized spacial score (nSPS) is 10.3. The van der Waals surface area contributed by atoms with Gasteiger partial charge < -0.3 is 4.74 Å². The number of benzene rings is 1. The molecule has 5 nitrogen and oxygen atoms in total. The number of carbonyl (C=O) groups excluding carboxylic acids is 1. The molecule has 0 aliphatic heterocycles. The molecule has 0 spiro atoms. The van der Waals surface area contributed by atoms with E-state index in [-0.39, 0.29) is 12.3 Å². The number of halogens is 2. The molecule has 0 saturated carbocycles. The Kier molecular flexibility index (Phi) is 4.29. The van der Waals surface area contributed by atoms with Gasteiger partial charge in [-0.1, -0.05) is 0 Å². The topological polar surface area (TPSA) is 61.2 Å². The van der Waals surface area contributed by atoms with Crippen LogP contribution < -0.4 is 5.43 Å². The lowest BCUT2D eigenvalue weighted by Gasteiger charge is -2.07. The summed E-state index contributed by atoms with van der Waals surface area (Å²) in [5.41, 5.74) is -0.494. The average Bonchev–Trinajstić information content (AvgIpc) is 2.42. The Morgan fingerprint density at radius 2 is 2.20 bits per heavy atom. The van der Waals surface area contributed by atoms with E-state index in [0.29, 0.717) is 10.2 Å². The summed E-state index contributed by atoms with van der Waals surface area (Å²) in [6.45, 7) is 1.77. The Labute approximate surface area is 122 Å². The van der Waals surface area contributed by atoms with Gasteiger partial charge in [-0.25, -0.2) is 13.9 Å². The summed E-state index contributed by atoms with van der Waals surface area (Å²) >= 11 is 3.04. The molecule has 104 valence electrons. The number of esters is 1. The molecule has 1 aromatic carbocycles. The van der Waals surface area contributed by atoms with Crippen LogP contribution in [-0.4, -0.2) is 22.4 Å². The maximum Gasteiger partial charge on any atom is 0.362 e. The number of carbonyl (C=O) groups is 1. The molecule has 2 aromatic rings. The first-order valence-corrected chi connectivity index (χ1v) is 6.54. The zero-order valence-corrected chi connectivity index (χ0v) is 12.1. The van der Waals surface area contributed by atoms with E-state index >= 15 is 0 Å². The Hall–Kier alpha value is -2.02. The third kappa shape index (κ3) is 2.93. The molecule has 0 N–H and O–H groups in total. The second-order valence-corrected chi connectivity index (χ2v) is 4.65. The summed E-state index contributed by atoms with van der Waals surface area (Å²) in [6, 6.07) is 5.52. The van der Waals surface area contributed by atoms with Gasteiger partial charge in [-0.15, -0.1) is 0 Å². The van der Waals surface area contributed by atoms with Crippen LogP contribution in [0.5, 0.6) is 0 Å². The van der Waals surface area contributed by atoms with Crippen LogP contribution in [0.4, 0.5) is 4.39 Å². The van der Waals surface area contributed by atoms with Crippen LogP contribution in [-0.2, 0) is 4.74 Å². The van der Waals surface area contributed by atoms with Crippen molar-refractivity contribution in [3.05, 3.63) is 56.7 Å². The van der Waals surface area contributed by atoms with Crippen molar-refractivity contribution in [2.45, 2.75) is 6.92 Å². The van der Waals surface area contributed by atoms with Gasteiger partial charge in [-0.05, 0) is 35.0 Å². The minimum Gasteiger partial charge on any atom is -0.461 e. The minimum atomic E-state index is -0.801. The molecule has 0 unspecified atom stereocenters. The molecule has 0 aliphatic carbocycles. The van der Waals surface area contributed by atoms with Crippen LogP contribution in [0.25, 0.3) is 5.69 Å². The van der Waals surface area contributed by atoms with E-state index in [1.54, 1.807) is 13.0 Å². The van der Waals surface area contributed by atoms with Crippen LogP contribution in [0.15, 0.2) is 39.7 Å². The van der Waals surface area contributed by atoms with E-state index in [1.165, 1.54) is 29.1 Å². The van der Waals surface area contributed by atoms with Crippen molar-refractivity contribution in [2.75, 3.05) is 6.61 Å². The van der Waals surface area contributed by atoms with E-state index in [0.717, 1.165) is 0 Å². The molecule has 0 radical (unpaired) electrons. The highest BCUT2D eigenvalue weighted by Gasteiger charge is 2.14. The molecule has 0 atom stereocenters. The second kappa shape index (κ2) is 5.96. The number of hydrogen-bond acceptors (Lipinski definition) is 4. The molecular weight excluding hydrogens is 331 g/mol. The fourth-order valence-corrected chi connectivity index (χ4v) is 1.77. The Morgan fingerprint density at radius 3 is 2.85 bits per heavy atom. The van der Waals surface area contributed by atoms with Gasteiger partial charge in [0.25, 0.3) is 0 Å². The minimum absolute atomic E-state index is 0.141. The predicted octanol–water partition coefficient (Wildman–Crippen LogP) is 2.31. The Morgan fingerprint density at radius 1 is 1.45 bits per heavy atom. The van der Waals surface area contributed by atoms with Gasteiger partial charge in [0, 0.05) is 18.3 Å². The van der Waals surface area contributed by atoms with Crippen LogP contribution in [0.2, 0.25) is 0 Å². The number of nitrogens with zero attached hydrogens (tertiary/aromatic N) is 2. The van der Waals surface area contributed by atoms with Gasteiger partial charge in [0.05, 0.1) is 16.8 Å². The van der Waals surface area contributed by atoms with Gasteiger partial charge in [0.1, 0.15) is 5.82 Å². The second-order valence-electron chi connectivity index (χ2n) is 3.79. The summed E-state index contributed by atoms with van der Waals surface area (Å²) in [5.74, 6) is -1.27. The number of ether oxygens (including phenoxy) is 1. The summed E-state index contributed by atoms with van der Waals surface area (Å²) in [4.78, 5) is 23.2. The lowest BCUT2D eigenvalue weighted by Crippen LogP contribution is -2.22. The highest BCUT2D eigenvalue weighted by Crippen LogP contribution is 2.18. The average molecular weight is 341 g/mol. The molecule has 1 heterocycles. The summed E-state index contributed by atoms with van der Waals surface area (Å²) < 4.78 is 19.8. The Bertz CT molecular complexity index is 715. The number of hydrogen-bond donors (Lipinski definition) is 0. The van der Waals surface area contributed by atoms with Crippen molar-refractivity contribution in [2.24, 2.45) is 0 Å². The van der Waals surface area contributed by atoms with Crippen molar-refractivity contribution in [1.29, 1.82) is 0 Å². The lowest BCUT2D eigenvalue weighted by molar-refractivity contribution is 0.0515. The van der Waals surface area contributed by atoms with Crippen LogP contribution in [0.1, 0.15) is 17.4 Å². The standard InChI is InChI=1S/C13H10BrFN2O3/c1-2-20-13(19)12-11(18)5-6-17(16-12)8-3-4-9(14)10(15)7-8/h3-7H,2H2,1H3. The summed E-state index contributed by atoms with van der Waals surface area (Å²) in [5, 5.41) is 3.88. The monoisotopic (exact) mass is 340 g/mol. The lowest BCUT2D eigenvalue weighted by atomic mass is 10.3. The highest BCUT2D eigenvalue weighted by molar-refractivity contribution is 9.10. The number of aromatic nitrogens is 2. The van der Waals surface area contributed by atoms with E-state index in [2.05, 4.69) is 21.0 Å². The molecule has 7 heteroatoms. The Balaban J connectivity index is 2.48. The van der Waals surface area contributed by atoms with Crippen molar-refractivity contribution in [1.82, 2.24) is 9.78 Å². The SMILES string of the molecule is CCOC(=O)c1nn(-c2ccc(Br)c(F)c2)ccc1=O. The number of rotatable bonds is 3. The van der Waals surface area contributed by atoms with Crippen molar-refractivity contribution in [3.8, 4) is 5.69 Å². The molecule has 0 bridgehead atoms. The molecule has 20 heavy (non-hydrogen) atoms. The van der Waals surface area contributed by atoms with Crippen LogP contribution >= 0.6 is 15.9 Å². The van der Waals surface area contributed by atoms with Gasteiger partial charge in [-0.3, -0.25) is 4.79 Å². The molecule has 0 saturated heterocycles. The first kappa shape index (κ1) is 14.4. The fraction of sp³-hybridized carbons (Fsp3) is 0.154. The van der Waals surface area contributed by atoms with Gasteiger partial charge >= 0.3 is 5.97 Å². The smallest absolute Gasteiger partial charge is 0.362 e. The van der Waals surface area contributed by atoms with E-state index in [1.807, 2.05) is 0 Å². The van der Waals surface area contributed by atoms with Gasteiger partial charge in [0.15, 0.2) is 0 Å². The van der Waals surface area contributed by atoms with Crippen molar-refractivity contribution in [3.63, 3.8) is 0 Å². The molecular formula is C13H10BrFN2O3. The third-order valence-corrected chi connectivity index (χ3v) is 3.09. The predicted molar refractivity (Wildman–Crippen MR) is 73.4 cm³/mol. The molecule has 0 aliphatic rings. The largest absolute Gasteiger partial charge is 0.461 e. The first-order valence-electron chi connectivity index (χ1n) is 5.75. The van der Waals surface area contributed by atoms with E-state index < -0.39 is 17.2 Å². The zero-order valence-electron chi connectivity index (χ0n) is 10.5.